The first-order valence-corrected chi connectivity index (χ1v) is 7.91. The molecule has 26 heavy (non-hydrogen) atoms. The third kappa shape index (κ3) is 5.21. The smallest absolute Gasteiger partial charge is 0.387 e. The molecule has 0 aliphatic heterocycles. The van der Waals surface area contributed by atoms with Gasteiger partial charge in [0.05, 0.1) is 0 Å². The van der Waals surface area contributed by atoms with Crippen LogP contribution in [0.1, 0.15) is 36.8 Å². The second-order valence-corrected chi connectivity index (χ2v) is 5.74. The first kappa shape index (κ1) is 19.8. The van der Waals surface area contributed by atoms with Crippen molar-refractivity contribution >= 4 is 5.78 Å². The summed E-state index contributed by atoms with van der Waals surface area (Å²) < 4.78 is 57.3. The summed E-state index contributed by atoms with van der Waals surface area (Å²) in [5.74, 6) is -0.989. The largest absolute Gasteiger partial charge is 0.435 e. The van der Waals surface area contributed by atoms with E-state index in [2.05, 4.69) is 9.47 Å². The third-order valence-electron chi connectivity index (χ3n) is 4.06. The predicted octanol–water partition coefficient (Wildman–Crippen LogP) is 5.37. The van der Waals surface area contributed by atoms with Gasteiger partial charge in [-0.05, 0) is 35.4 Å². The van der Waals surface area contributed by atoms with Gasteiger partial charge in [-0.25, -0.2) is 0 Å². The minimum Gasteiger partial charge on any atom is -0.435 e. The number of rotatable bonds is 8. The molecule has 0 fully saturated rings. The second kappa shape index (κ2) is 8.69. The van der Waals surface area contributed by atoms with E-state index >= 15 is 0 Å². The minimum absolute atomic E-state index is 0.0195. The molecule has 0 N–H and O–H groups in total. The molecule has 2 aromatic carbocycles. The second-order valence-electron chi connectivity index (χ2n) is 5.74. The molecule has 0 aliphatic rings. The quantitative estimate of drug-likeness (QED) is 0.587. The van der Waals surface area contributed by atoms with Crippen molar-refractivity contribution in [3.8, 4) is 11.5 Å². The van der Waals surface area contributed by atoms with E-state index < -0.39 is 25.1 Å². The number of carbonyl (C=O) groups excluding carboxylic acids is 1. The molecule has 0 radical (unpaired) electrons. The van der Waals surface area contributed by atoms with Gasteiger partial charge in [0, 0.05) is 11.8 Å². The molecule has 0 aromatic heterocycles. The fourth-order valence-electron chi connectivity index (χ4n) is 2.58. The van der Waals surface area contributed by atoms with Crippen molar-refractivity contribution in [1.82, 2.24) is 0 Å². The highest BCUT2D eigenvalue weighted by atomic mass is 19.3. The number of alkyl halides is 4. The zero-order valence-electron chi connectivity index (χ0n) is 14.2. The van der Waals surface area contributed by atoms with Crippen LogP contribution in [0.15, 0.2) is 48.5 Å². The van der Waals surface area contributed by atoms with Crippen molar-refractivity contribution in [3.63, 3.8) is 0 Å². The van der Waals surface area contributed by atoms with Crippen LogP contribution in [0.4, 0.5) is 17.6 Å². The van der Waals surface area contributed by atoms with Gasteiger partial charge in [-0.15, -0.1) is 0 Å². The molecule has 0 aliphatic carbocycles. The molecule has 0 saturated carbocycles. The van der Waals surface area contributed by atoms with Crippen LogP contribution in [-0.4, -0.2) is 19.0 Å². The summed E-state index contributed by atoms with van der Waals surface area (Å²) in [6, 6.07) is 11.8. The Morgan fingerprint density at radius 1 is 0.692 bits per heavy atom. The molecule has 3 nitrogen and oxygen atoms in total. The van der Waals surface area contributed by atoms with E-state index in [4.69, 9.17) is 0 Å². The number of hydrogen-bond acceptors (Lipinski definition) is 3. The molecule has 0 bridgehead atoms. The highest BCUT2D eigenvalue weighted by Gasteiger charge is 2.23. The topological polar surface area (TPSA) is 35.5 Å². The molecule has 0 saturated heterocycles. The van der Waals surface area contributed by atoms with Crippen molar-refractivity contribution in [2.45, 2.75) is 38.9 Å². The van der Waals surface area contributed by atoms with Crippen molar-refractivity contribution in [3.05, 3.63) is 59.7 Å². The van der Waals surface area contributed by atoms with Crippen molar-refractivity contribution in [2.24, 2.45) is 0 Å². The first-order valence-electron chi connectivity index (χ1n) is 7.91. The van der Waals surface area contributed by atoms with E-state index in [9.17, 15) is 22.4 Å². The maximum Gasteiger partial charge on any atom is 0.387 e. The van der Waals surface area contributed by atoms with E-state index in [0.29, 0.717) is 11.1 Å². The van der Waals surface area contributed by atoms with Crippen LogP contribution in [0, 0.1) is 0 Å². The summed E-state index contributed by atoms with van der Waals surface area (Å²) in [5.41, 5.74) is 1.34. The Kier molecular flexibility index (Phi) is 6.60. The van der Waals surface area contributed by atoms with Crippen LogP contribution in [-0.2, 0) is 4.79 Å². The van der Waals surface area contributed by atoms with Crippen molar-refractivity contribution in [2.75, 3.05) is 0 Å². The van der Waals surface area contributed by atoms with Crippen LogP contribution >= 0.6 is 0 Å². The third-order valence-corrected chi connectivity index (χ3v) is 4.06. The zero-order chi connectivity index (χ0) is 19.3. The predicted molar refractivity (Wildman–Crippen MR) is 88.0 cm³/mol. The van der Waals surface area contributed by atoms with Crippen LogP contribution in [0.5, 0.6) is 11.5 Å². The highest BCUT2D eigenvalue weighted by Crippen LogP contribution is 2.28. The van der Waals surface area contributed by atoms with E-state index in [1.165, 1.54) is 24.3 Å². The molecule has 0 heterocycles. The highest BCUT2D eigenvalue weighted by molar-refractivity contribution is 5.91. The standard InChI is InChI=1S/C19H18F4O3/c1-11(13-3-7-15(8-4-13)25-18(20)21)17(24)12(2)14-5-9-16(10-6-14)26-19(22)23/h3-12,18-19H,1-2H3. The lowest BCUT2D eigenvalue weighted by Crippen LogP contribution is -2.16. The Morgan fingerprint density at radius 2 is 1.00 bits per heavy atom. The average molecular weight is 370 g/mol. The zero-order valence-corrected chi connectivity index (χ0v) is 14.2. The average Bonchev–Trinajstić information content (AvgIpc) is 2.60. The van der Waals surface area contributed by atoms with Crippen molar-refractivity contribution < 1.29 is 31.8 Å². The van der Waals surface area contributed by atoms with Crippen LogP contribution < -0.4 is 9.47 Å². The van der Waals surface area contributed by atoms with E-state index in [-0.39, 0.29) is 17.3 Å². The van der Waals surface area contributed by atoms with Gasteiger partial charge in [0.1, 0.15) is 17.3 Å². The van der Waals surface area contributed by atoms with Gasteiger partial charge in [-0.1, -0.05) is 38.1 Å². The van der Waals surface area contributed by atoms with Gasteiger partial charge in [0.15, 0.2) is 0 Å². The maximum absolute atomic E-state index is 12.7. The fourth-order valence-corrected chi connectivity index (χ4v) is 2.58. The summed E-state index contributed by atoms with van der Waals surface area (Å²) in [5, 5.41) is 0. The van der Waals surface area contributed by atoms with E-state index in [1.54, 1.807) is 38.1 Å². The molecule has 140 valence electrons. The van der Waals surface area contributed by atoms with Gasteiger partial charge in [-0.3, -0.25) is 4.79 Å². The molecule has 2 atom stereocenters. The van der Waals surface area contributed by atoms with Gasteiger partial charge in [0.25, 0.3) is 0 Å². The summed E-state index contributed by atoms with van der Waals surface area (Å²) in [6.45, 7) is -2.37. The van der Waals surface area contributed by atoms with Gasteiger partial charge in [-0.2, -0.15) is 17.6 Å². The summed E-state index contributed by atoms with van der Waals surface area (Å²) in [7, 11) is 0. The Bertz CT molecular complexity index is 653. The number of benzene rings is 2. The Balaban J connectivity index is 2.06. The Labute approximate surface area is 148 Å². The summed E-state index contributed by atoms with van der Waals surface area (Å²) in [6.07, 6.45) is 0. The monoisotopic (exact) mass is 370 g/mol. The first-order chi connectivity index (χ1) is 12.3. The lowest BCUT2D eigenvalue weighted by atomic mass is 9.86. The van der Waals surface area contributed by atoms with Crippen LogP contribution in [0.3, 0.4) is 0 Å². The minimum atomic E-state index is -2.91. The lowest BCUT2D eigenvalue weighted by molar-refractivity contribution is -0.121. The summed E-state index contributed by atoms with van der Waals surface area (Å²) >= 11 is 0. The van der Waals surface area contributed by atoms with E-state index in [0.717, 1.165) is 0 Å². The fraction of sp³-hybridized carbons (Fsp3) is 0.316. The van der Waals surface area contributed by atoms with E-state index in [1.807, 2.05) is 0 Å². The molecule has 2 unspecified atom stereocenters. The van der Waals surface area contributed by atoms with Crippen LogP contribution in [0.2, 0.25) is 0 Å². The molecule has 7 heteroatoms. The Hall–Kier alpha value is -2.57. The van der Waals surface area contributed by atoms with Gasteiger partial charge < -0.3 is 9.47 Å². The normalized spacial score (nSPS) is 13.5. The number of Topliss-reactive ketones (excluding diaryl/α,β-unsaturated/α-hetero) is 1. The Morgan fingerprint density at radius 3 is 1.27 bits per heavy atom. The molecular weight excluding hydrogens is 352 g/mol. The maximum atomic E-state index is 12.7. The number of carbonyl (C=O) groups is 1. The lowest BCUT2D eigenvalue weighted by Gasteiger charge is -2.18. The SMILES string of the molecule is CC(C(=O)C(C)c1ccc(OC(F)F)cc1)c1ccc(OC(F)F)cc1. The molecular formula is C19H18F4O3. The number of hydrogen-bond donors (Lipinski definition) is 0. The number of halogens is 4. The number of ketones is 1. The summed E-state index contributed by atoms with van der Waals surface area (Å²) in [4.78, 5) is 12.7. The van der Waals surface area contributed by atoms with Crippen LogP contribution in [0.25, 0.3) is 0 Å². The molecule has 0 spiro atoms. The number of ether oxygens (including phenoxy) is 2. The molecule has 2 rings (SSSR count). The van der Waals surface area contributed by atoms with Gasteiger partial charge >= 0.3 is 13.2 Å². The van der Waals surface area contributed by atoms with Gasteiger partial charge in [0.2, 0.25) is 0 Å². The van der Waals surface area contributed by atoms with Crippen molar-refractivity contribution in [1.29, 1.82) is 0 Å². The molecule has 0 amide bonds. The molecule has 2 aromatic rings.